The summed E-state index contributed by atoms with van der Waals surface area (Å²) >= 11 is 0. The second kappa shape index (κ2) is 8.00. The smallest absolute Gasteiger partial charge is 0.253 e. The standard InChI is InChI=1S/C16H24N2O3/c1-18(14-8-9-17-12-14)16(19)13-4-6-15(7-5-13)21-11-3-10-20-2/h4-7,14,17H,3,8-12H2,1-2H3. The van der Waals surface area contributed by atoms with Crippen molar-refractivity contribution in [3.63, 3.8) is 0 Å². The lowest BCUT2D eigenvalue weighted by molar-refractivity contribution is 0.0744. The number of carbonyl (C=O) groups is 1. The maximum absolute atomic E-state index is 12.4. The van der Waals surface area contributed by atoms with Gasteiger partial charge in [-0.15, -0.1) is 0 Å². The second-order valence-corrected chi connectivity index (χ2v) is 5.28. The molecule has 0 aliphatic carbocycles. The molecule has 116 valence electrons. The number of methoxy groups -OCH3 is 1. The van der Waals surface area contributed by atoms with E-state index in [0.29, 0.717) is 24.8 Å². The van der Waals surface area contributed by atoms with Gasteiger partial charge in [-0.05, 0) is 37.2 Å². The van der Waals surface area contributed by atoms with Gasteiger partial charge in [0.2, 0.25) is 0 Å². The first-order valence-corrected chi connectivity index (χ1v) is 7.42. The quantitative estimate of drug-likeness (QED) is 0.775. The van der Waals surface area contributed by atoms with E-state index in [9.17, 15) is 4.79 Å². The highest BCUT2D eigenvalue weighted by molar-refractivity contribution is 5.94. The van der Waals surface area contributed by atoms with Crippen LogP contribution in [0.1, 0.15) is 23.2 Å². The van der Waals surface area contributed by atoms with E-state index in [4.69, 9.17) is 9.47 Å². The molecule has 0 aromatic heterocycles. The Morgan fingerprint density at radius 2 is 2.10 bits per heavy atom. The molecule has 2 rings (SSSR count). The lowest BCUT2D eigenvalue weighted by atomic mass is 10.1. The third kappa shape index (κ3) is 4.44. The molecule has 1 aromatic carbocycles. The van der Waals surface area contributed by atoms with Gasteiger partial charge in [-0.2, -0.15) is 0 Å². The molecule has 0 spiro atoms. The number of benzene rings is 1. The second-order valence-electron chi connectivity index (χ2n) is 5.28. The number of amides is 1. The first kappa shape index (κ1) is 15.8. The molecule has 0 saturated carbocycles. The molecule has 1 aliphatic heterocycles. The maximum atomic E-state index is 12.4. The predicted octanol–water partition coefficient (Wildman–Crippen LogP) is 1.54. The summed E-state index contributed by atoms with van der Waals surface area (Å²) in [5.74, 6) is 0.850. The van der Waals surface area contributed by atoms with Crippen molar-refractivity contribution in [1.29, 1.82) is 0 Å². The van der Waals surface area contributed by atoms with Crippen molar-refractivity contribution in [3.05, 3.63) is 29.8 Å². The van der Waals surface area contributed by atoms with E-state index < -0.39 is 0 Å². The van der Waals surface area contributed by atoms with Gasteiger partial charge >= 0.3 is 0 Å². The Balaban J connectivity index is 1.87. The number of rotatable bonds is 7. The van der Waals surface area contributed by atoms with E-state index in [0.717, 1.165) is 31.7 Å². The molecule has 1 aliphatic rings. The van der Waals surface area contributed by atoms with Crippen molar-refractivity contribution in [2.45, 2.75) is 18.9 Å². The van der Waals surface area contributed by atoms with Crippen molar-refractivity contribution in [2.75, 3.05) is 40.5 Å². The fourth-order valence-corrected chi connectivity index (χ4v) is 2.43. The Kier molecular flexibility index (Phi) is 6.02. The van der Waals surface area contributed by atoms with Crippen molar-refractivity contribution >= 4 is 5.91 Å². The van der Waals surface area contributed by atoms with Crippen LogP contribution in [-0.4, -0.2) is 57.3 Å². The normalized spacial score (nSPS) is 17.7. The number of hydrogen-bond acceptors (Lipinski definition) is 4. The number of nitrogens with one attached hydrogen (secondary N) is 1. The molecule has 1 aromatic rings. The minimum absolute atomic E-state index is 0.0645. The van der Waals surface area contributed by atoms with Gasteiger partial charge in [0.15, 0.2) is 0 Å². The predicted molar refractivity (Wildman–Crippen MR) is 81.8 cm³/mol. The first-order valence-electron chi connectivity index (χ1n) is 7.42. The van der Waals surface area contributed by atoms with Crippen LogP contribution in [0.15, 0.2) is 24.3 Å². The molecule has 1 unspecified atom stereocenters. The van der Waals surface area contributed by atoms with Gasteiger partial charge in [0.05, 0.1) is 6.61 Å². The van der Waals surface area contributed by atoms with Crippen LogP contribution in [-0.2, 0) is 4.74 Å². The topological polar surface area (TPSA) is 50.8 Å². The van der Waals surface area contributed by atoms with E-state index in [1.165, 1.54) is 0 Å². The summed E-state index contributed by atoms with van der Waals surface area (Å²) in [5.41, 5.74) is 0.702. The zero-order chi connectivity index (χ0) is 15.1. The highest BCUT2D eigenvalue weighted by atomic mass is 16.5. The van der Waals surface area contributed by atoms with Crippen molar-refractivity contribution in [1.82, 2.24) is 10.2 Å². The molecule has 0 bridgehead atoms. The van der Waals surface area contributed by atoms with Crippen LogP contribution in [0.4, 0.5) is 0 Å². The number of carbonyl (C=O) groups excluding carboxylic acids is 1. The van der Waals surface area contributed by atoms with Crippen LogP contribution in [0.5, 0.6) is 5.75 Å². The van der Waals surface area contributed by atoms with Gasteiger partial charge in [0, 0.05) is 45.3 Å². The molecule has 0 radical (unpaired) electrons. The van der Waals surface area contributed by atoms with Crippen LogP contribution in [0, 0.1) is 0 Å². The van der Waals surface area contributed by atoms with Crippen molar-refractivity contribution in [3.8, 4) is 5.75 Å². The fraction of sp³-hybridized carbons (Fsp3) is 0.562. The summed E-state index contributed by atoms with van der Waals surface area (Å²) < 4.78 is 10.6. The van der Waals surface area contributed by atoms with Crippen LogP contribution < -0.4 is 10.1 Å². The molecule has 1 heterocycles. The summed E-state index contributed by atoms with van der Waals surface area (Å²) in [7, 11) is 3.55. The van der Waals surface area contributed by atoms with E-state index in [2.05, 4.69) is 5.32 Å². The van der Waals surface area contributed by atoms with Crippen LogP contribution in [0.2, 0.25) is 0 Å². The third-order valence-corrected chi connectivity index (χ3v) is 3.77. The van der Waals surface area contributed by atoms with Gasteiger partial charge in [-0.25, -0.2) is 0 Å². The lowest BCUT2D eigenvalue weighted by Gasteiger charge is -2.23. The largest absolute Gasteiger partial charge is 0.494 e. The van der Waals surface area contributed by atoms with Gasteiger partial charge in [-0.3, -0.25) is 4.79 Å². The number of hydrogen-bond donors (Lipinski definition) is 1. The summed E-state index contributed by atoms with van der Waals surface area (Å²) in [4.78, 5) is 14.2. The Morgan fingerprint density at radius 1 is 1.33 bits per heavy atom. The summed E-state index contributed by atoms with van der Waals surface area (Å²) in [6.07, 6.45) is 1.87. The van der Waals surface area contributed by atoms with Gasteiger partial charge in [0.25, 0.3) is 5.91 Å². The average Bonchev–Trinajstić information content (AvgIpc) is 3.05. The molecule has 1 amide bonds. The van der Waals surface area contributed by atoms with E-state index in [1.807, 2.05) is 36.2 Å². The highest BCUT2D eigenvalue weighted by Crippen LogP contribution is 2.16. The molecule has 5 heteroatoms. The summed E-state index contributed by atoms with van der Waals surface area (Å²) in [6, 6.07) is 7.64. The van der Waals surface area contributed by atoms with Crippen molar-refractivity contribution in [2.24, 2.45) is 0 Å². The SMILES string of the molecule is COCCCOc1ccc(C(=O)N(C)C2CCNC2)cc1. The van der Waals surface area contributed by atoms with E-state index in [-0.39, 0.29) is 5.91 Å². The minimum Gasteiger partial charge on any atom is -0.494 e. The van der Waals surface area contributed by atoms with Gasteiger partial charge in [0.1, 0.15) is 5.75 Å². The monoisotopic (exact) mass is 292 g/mol. The number of ether oxygens (including phenoxy) is 2. The molecule has 1 fully saturated rings. The van der Waals surface area contributed by atoms with Crippen molar-refractivity contribution < 1.29 is 14.3 Å². The van der Waals surface area contributed by atoms with E-state index >= 15 is 0 Å². The van der Waals surface area contributed by atoms with Crippen LogP contribution >= 0.6 is 0 Å². The van der Waals surface area contributed by atoms with Gasteiger partial charge < -0.3 is 19.7 Å². The molecule has 1 atom stereocenters. The molecule has 21 heavy (non-hydrogen) atoms. The third-order valence-electron chi connectivity index (χ3n) is 3.77. The molecule has 5 nitrogen and oxygen atoms in total. The van der Waals surface area contributed by atoms with Crippen LogP contribution in [0.3, 0.4) is 0 Å². The maximum Gasteiger partial charge on any atom is 0.253 e. The average molecular weight is 292 g/mol. The Labute approximate surface area is 126 Å². The molecule has 1 saturated heterocycles. The molecular formula is C16H24N2O3. The number of nitrogens with zero attached hydrogens (tertiary/aromatic N) is 1. The fourth-order valence-electron chi connectivity index (χ4n) is 2.43. The Hall–Kier alpha value is -1.59. The summed E-state index contributed by atoms with van der Waals surface area (Å²) in [5, 5.41) is 3.28. The Morgan fingerprint density at radius 3 is 2.71 bits per heavy atom. The lowest BCUT2D eigenvalue weighted by Crippen LogP contribution is -2.38. The van der Waals surface area contributed by atoms with Gasteiger partial charge in [-0.1, -0.05) is 0 Å². The Bertz CT molecular complexity index is 441. The molecule has 1 N–H and O–H groups in total. The molecular weight excluding hydrogens is 268 g/mol. The zero-order valence-electron chi connectivity index (χ0n) is 12.8. The van der Waals surface area contributed by atoms with E-state index in [1.54, 1.807) is 7.11 Å². The highest BCUT2D eigenvalue weighted by Gasteiger charge is 2.23. The number of likely N-dealkylation sites (N-methyl/N-ethyl adjacent to an activating group) is 1. The first-order chi connectivity index (χ1) is 10.2. The zero-order valence-corrected chi connectivity index (χ0v) is 12.8. The summed E-state index contributed by atoms with van der Waals surface area (Å²) in [6.45, 7) is 3.17. The van der Waals surface area contributed by atoms with Crippen LogP contribution in [0.25, 0.3) is 0 Å². The minimum atomic E-state index is 0.0645.